The minimum absolute atomic E-state index is 0.0731. The Labute approximate surface area is 146 Å². The van der Waals surface area contributed by atoms with Crippen LogP contribution in [0.15, 0.2) is 24.3 Å². The van der Waals surface area contributed by atoms with E-state index in [2.05, 4.69) is 66.1 Å². The number of aryl methyl sites for hydroxylation is 1. The molecule has 0 N–H and O–H groups in total. The van der Waals surface area contributed by atoms with E-state index < -0.39 is 0 Å². The van der Waals surface area contributed by atoms with E-state index in [0.29, 0.717) is 16.9 Å². The third kappa shape index (κ3) is 2.67. The van der Waals surface area contributed by atoms with E-state index in [0.717, 1.165) is 12.1 Å². The normalized spacial score (nSPS) is 31.2. The van der Waals surface area contributed by atoms with Gasteiger partial charge in [-0.15, -0.1) is 0 Å². The molecular formula is C21H32NO2+. The standard InChI is InChI=1S/C21H32NO2/c1-15-8-7-9-17(12-15)22(5,6)14-19(23)24-18-13-16-10-11-21(18,4)20(16,2)3/h7-9,12,16,18H,10-11,13-14H2,1-6H3/q+1/t16-,18-,21+/m0/s1. The van der Waals surface area contributed by atoms with E-state index >= 15 is 0 Å². The van der Waals surface area contributed by atoms with Crippen molar-refractivity contribution in [2.75, 3.05) is 20.6 Å². The third-order valence-corrected chi connectivity index (χ3v) is 7.21. The molecule has 2 bridgehead atoms. The zero-order valence-corrected chi connectivity index (χ0v) is 16.1. The maximum Gasteiger partial charge on any atom is 0.362 e. The second-order valence-corrected chi connectivity index (χ2v) is 9.27. The summed E-state index contributed by atoms with van der Waals surface area (Å²) >= 11 is 0. The third-order valence-electron chi connectivity index (χ3n) is 7.21. The Bertz CT molecular complexity index is 649. The first-order valence-corrected chi connectivity index (χ1v) is 9.16. The van der Waals surface area contributed by atoms with Crippen LogP contribution in [0.1, 0.15) is 45.6 Å². The van der Waals surface area contributed by atoms with Crippen LogP contribution in [0.25, 0.3) is 0 Å². The minimum Gasteiger partial charge on any atom is -0.458 e. The minimum atomic E-state index is -0.0731. The summed E-state index contributed by atoms with van der Waals surface area (Å²) in [5.41, 5.74) is 2.77. The molecule has 24 heavy (non-hydrogen) atoms. The van der Waals surface area contributed by atoms with Gasteiger partial charge < -0.3 is 4.74 Å². The Morgan fingerprint density at radius 3 is 2.54 bits per heavy atom. The molecule has 0 unspecified atom stereocenters. The number of rotatable bonds is 4. The van der Waals surface area contributed by atoms with Crippen LogP contribution in [-0.4, -0.2) is 32.7 Å². The van der Waals surface area contributed by atoms with Gasteiger partial charge in [-0.25, -0.2) is 4.79 Å². The van der Waals surface area contributed by atoms with E-state index in [-0.39, 0.29) is 22.9 Å². The maximum atomic E-state index is 12.7. The summed E-state index contributed by atoms with van der Waals surface area (Å²) in [6.45, 7) is 9.48. The van der Waals surface area contributed by atoms with Gasteiger partial charge in [0.15, 0.2) is 6.54 Å². The predicted molar refractivity (Wildman–Crippen MR) is 98.8 cm³/mol. The number of esters is 1. The molecule has 0 heterocycles. The quantitative estimate of drug-likeness (QED) is 0.607. The lowest BCUT2D eigenvalue weighted by Gasteiger charge is -2.38. The van der Waals surface area contributed by atoms with Crippen molar-refractivity contribution >= 4 is 11.7 Å². The average Bonchev–Trinajstić information content (AvgIpc) is 2.80. The average molecular weight is 330 g/mol. The molecule has 0 spiro atoms. The molecule has 2 aliphatic carbocycles. The van der Waals surface area contributed by atoms with Crippen LogP contribution in [-0.2, 0) is 9.53 Å². The van der Waals surface area contributed by atoms with E-state index in [9.17, 15) is 4.79 Å². The lowest BCUT2D eigenvalue weighted by atomic mass is 9.70. The Hall–Kier alpha value is -1.35. The number of hydrogen-bond donors (Lipinski definition) is 0. The number of carbonyl (C=O) groups excluding carboxylic acids is 1. The zero-order chi connectivity index (χ0) is 17.8. The van der Waals surface area contributed by atoms with Crippen LogP contribution in [0.5, 0.6) is 0 Å². The van der Waals surface area contributed by atoms with Crippen LogP contribution in [0.4, 0.5) is 5.69 Å². The van der Waals surface area contributed by atoms with Crippen molar-refractivity contribution in [3.8, 4) is 0 Å². The number of benzene rings is 1. The molecule has 3 nitrogen and oxygen atoms in total. The summed E-state index contributed by atoms with van der Waals surface area (Å²) in [6.07, 6.45) is 3.57. The fraction of sp³-hybridized carbons (Fsp3) is 0.667. The summed E-state index contributed by atoms with van der Waals surface area (Å²) in [4.78, 5) is 12.7. The molecule has 3 rings (SSSR count). The number of likely N-dealkylation sites (N-methyl/N-ethyl adjacent to an activating group) is 1. The molecule has 0 saturated heterocycles. The molecule has 2 fully saturated rings. The highest BCUT2D eigenvalue weighted by atomic mass is 16.5. The van der Waals surface area contributed by atoms with Crippen LogP contribution in [0, 0.1) is 23.7 Å². The molecule has 1 aromatic rings. The summed E-state index contributed by atoms with van der Waals surface area (Å²) < 4.78 is 6.54. The number of quaternary nitrogens is 1. The monoisotopic (exact) mass is 330 g/mol. The summed E-state index contributed by atoms with van der Waals surface area (Å²) in [7, 11) is 4.14. The number of hydrogen-bond acceptors (Lipinski definition) is 2. The smallest absolute Gasteiger partial charge is 0.362 e. The van der Waals surface area contributed by atoms with Gasteiger partial charge in [0.05, 0.1) is 14.1 Å². The van der Waals surface area contributed by atoms with Crippen LogP contribution in [0.3, 0.4) is 0 Å². The first kappa shape index (κ1) is 17.5. The Morgan fingerprint density at radius 1 is 1.29 bits per heavy atom. The van der Waals surface area contributed by atoms with Crippen LogP contribution in [0.2, 0.25) is 0 Å². The largest absolute Gasteiger partial charge is 0.458 e. The Kier molecular flexibility index (Phi) is 4.07. The van der Waals surface area contributed by atoms with Gasteiger partial charge >= 0.3 is 5.97 Å². The topological polar surface area (TPSA) is 26.3 Å². The highest BCUT2D eigenvalue weighted by molar-refractivity contribution is 5.74. The van der Waals surface area contributed by atoms with Crippen molar-refractivity contribution < 1.29 is 9.53 Å². The second-order valence-electron chi connectivity index (χ2n) is 9.27. The van der Waals surface area contributed by atoms with Gasteiger partial charge in [0.2, 0.25) is 0 Å². The van der Waals surface area contributed by atoms with Crippen molar-refractivity contribution in [2.24, 2.45) is 16.7 Å². The van der Waals surface area contributed by atoms with Gasteiger partial charge in [0.1, 0.15) is 11.8 Å². The molecule has 132 valence electrons. The van der Waals surface area contributed by atoms with Gasteiger partial charge in [-0.05, 0) is 49.1 Å². The van der Waals surface area contributed by atoms with Gasteiger partial charge in [-0.1, -0.05) is 32.9 Å². The van der Waals surface area contributed by atoms with Crippen molar-refractivity contribution in [3.05, 3.63) is 29.8 Å². The molecule has 0 radical (unpaired) electrons. The van der Waals surface area contributed by atoms with Crippen molar-refractivity contribution in [1.82, 2.24) is 4.48 Å². The number of fused-ring (bicyclic) bond motifs is 2. The van der Waals surface area contributed by atoms with Crippen LogP contribution >= 0.6 is 0 Å². The number of carbonyl (C=O) groups is 1. The molecule has 0 aliphatic heterocycles. The predicted octanol–water partition coefficient (Wildman–Crippen LogP) is 4.32. The van der Waals surface area contributed by atoms with E-state index in [1.165, 1.54) is 18.4 Å². The van der Waals surface area contributed by atoms with E-state index in [1.54, 1.807) is 0 Å². The molecule has 2 aliphatic rings. The summed E-state index contributed by atoms with van der Waals surface area (Å²) in [6, 6.07) is 8.37. The molecule has 0 amide bonds. The summed E-state index contributed by atoms with van der Waals surface area (Å²) in [5, 5.41) is 0. The lowest BCUT2D eigenvalue weighted by molar-refractivity contribution is -0.157. The fourth-order valence-electron chi connectivity index (χ4n) is 4.92. The van der Waals surface area contributed by atoms with Gasteiger partial charge in [-0.3, -0.25) is 4.48 Å². The van der Waals surface area contributed by atoms with Crippen molar-refractivity contribution in [3.63, 3.8) is 0 Å². The number of nitrogens with zero attached hydrogens (tertiary/aromatic N) is 1. The maximum absolute atomic E-state index is 12.7. The molecule has 3 heteroatoms. The Morgan fingerprint density at radius 2 is 2.00 bits per heavy atom. The highest BCUT2D eigenvalue weighted by Crippen LogP contribution is 2.66. The molecular weight excluding hydrogens is 298 g/mol. The molecule has 1 aromatic carbocycles. The second kappa shape index (κ2) is 5.59. The zero-order valence-electron chi connectivity index (χ0n) is 16.1. The number of ether oxygens (including phenoxy) is 1. The first-order chi connectivity index (χ1) is 11.1. The van der Waals surface area contributed by atoms with Gasteiger partial charge in [0, 0.05) is 11.5 Å². The van der Waals surface area contributed by atoms with Crippen molar-refractivity contribution in [1.29, 1.82) is 0 Å². The van der Waals surface area contributed by atoms with Gasteiger partial charge in [-0.2, -0.15) is 0 Å². The lowest BCUT2D eigenvalue weighted by Crippen LogP contribution is -2.47. The Balaban J connectivity index is 1.68. The summed E-state index contributed by atoms with van der Waals surface area (Å²) in [5.74, 6) is 0.621. The van der Waals surface area contributed by atoms with E-state index in [4.69, 9.17) is 4.74 Å². The molecule has 2 saturated carbocycles. The van der Waals surface area contributed by atoms with Crippen LogP contribution < -0.4 is 4.48 Å². The molecule has 3 atom stereocenters. The fourth-order valence-corrected chi connectivity index (χ4v) is 4.92. The van der Waals surface area contributed by atoms with E-state index in [1.807, 2.05) is 0 Å². The van der Waals surface area contributed by atoms with Gasteiger partial charge in [0.25, 0.3) is 0 Å². The molecule has 0 aromatic heterocycles. The highest BCUT2D eigenvalue weighted by Gasteiger charge is 2.63. The van der Waals surface area contributed by atoms with Crippen molar-refractivity contribution in [2.45, 2.75) is 53.1 Å². The SMILES string of the molecule is Cc1cccc([N+](C)(C)CC(=O)O[C@H]2C[C@@H]3CC[C@@]2(C)C3(C)C)c1. The first-order valence-electron chi connectivity index (χ1n) is 9.16.